The van der Waals surface area contributed by atoms with E-state index < -0.39 is 17.7 Å². The Hall–Kier alpha value is -1.30. The highest BCUT2D eigenvalue weighted by Gasteiger charge is 2.28. The van der Waals surface area contributed by atoms with Gasteiger partial charge in [0.05, 0.1) is 6.54 Å². The van der Waals surface area contributed by atoms with E-state index in [0.29, 0.717) is 0 Å². The summed E-state index contributed by atoms with van der Waals surface area (Å²) in [5.41, 5.74) is -0.525. The second-order valence-electron chi connectivity index (χ2n) is 5.92. The van der Waals surface area contributed by atoms with Crippen molar-refractivity contribution in [1.82, 2.24) is 10.6 Å². The van der Waals surface area contributed by atoms with Gasteiger partial charge in [-0.05, 0) is 33.6 Å². The summed E-state index contributed by atoms with van der Waals surface area (Å²) < 4.78 is 5.22. The van der Waals surface area contributed by atoms with Gasteiger partial charge in [0.1, 0.15) is 5.60 Å². The highest BCUT2D eigenvalue weighted by molar-refractivity contribution is 5.69. The molecule has 0 unspecified atom stereocenters. The fourth-order valence-electron chi connectivity index (χ4n) is 2.23. The number of carbonyl (C=O) groups is 2. The normalized spacial score (nSPS) is 23.7. The zero-order valence-corrected chi connectivity index (χ0v) is 11.9. The van der Waals surface area contributed by atoms with E-state index in [1.165, 1.54) is 0 Å². The molecular formula is C13H24N2O4. The van der Waals surface area contributed by atoms with Gasteiger partial charge in [-0.25, -0.2) is 4.79 Å². The summed E-state index contributed by atoms with van der Waals surface area (Å²) in [6, 6.07) is -0.0691. The largest absolute Gasteiger partial charge is 0.480 e. The maximum absolute atomic E-state index is 11.7. The number of hydrogen-bond acceptors (Lipinski definition) is 4. The quantitative estimate of drug-likeness (QED) is 0.722. The lowest BCUT2D eigenvalue weighted by molar-refractivity contribution is -0.136. The number of carboxylic acid groups (broad SMARTS) is 1. The number of amides is 1. The van der Waals surface area contributed by atoms with E-state index in [1.54, 1.807) is 0 Å². The zero-order chi connectivity index (χ0) is 14.5. The van der Waals surface area contributed by atoms with Gasteiger partial charge in [-0.2, -0.15) is 0 Å². The molecule has 1 aliphatic carbocycles. The minimum Gasteiger partial charge on any atom is -0.480 e. The molecule has 0 heterocycles. The Morgan fingerprint density at radius 1 is 1.21 bits per heavy atom. The Balaban J connectivity index is 2.47. The topological polar surface area (TPSA) is 87.7 Å². The summed E-state index contributed by atoms with van der Waals surface area (Å²) in [6.07, 6.45) is 3.35. The molecule has 0 saturated heterocycles. The molecule has 1 amide bonds. The Labute approximate surface area is 113 Å². The van der Waals surface area contributed by atoms with Crippen molar-refractivity contribution < 1.29 is 19.4 Å². The average molecular weight is 272 g/mol. The molecule has 0 bridgehead atoms. The minimum absolute atomic E-state index is 0.00244. The number of aliphatic carboxylic acids is 1. The summed E-state index contributed by atoms with van der Waals surface area (Å²) in [5.74, 6) is -0.887. The first-order valence-electron chi connectivity index (χ1n) is 6.72. The lowest BCUT2D eigenvalue weighted by Crippen LogP contribution is -2.53. The van der Waals surface area contributed by atoms with Gasteiger partial charge in [-0.15, -0.1) is 0 Å². The van der Waals surface area contributed by atoms with Crippen LogP contribution in [0.3, 0.4) is 0 Å². The molecule has 0 aromatic carbocycles. The van der Waals surface area contributed by atoms with Crippen molar-refractivity contribution in [3.05, 3.63) is 0 Å². The molecule has 0 spiro atoms. The Morgan fingerprint density at radius 2 is 1.79 bits per heavy atom. The lowest BCUT2D eigenvalue weighted by Gasteiger charge is -2.33. The van der Waals surface area contributed by atoms with Crippen LogP contribution in [0.4, 0.5) is 4.79 Å². The van der Waals surface area contributed by atoms with Gasteiger partial charge in [-0.3, -0.25) is 4.79 Å². The molecule has 0 radical (unpaired) electrons. The summed E-state index contributed by atoms with van der Waals surface area (Å²) in [6.45, 7) is 5.35. The van der Waals surface area contributed by atoms with E-state index in [2.05, 4.69) is 10.6 Å². The van der Waals surface area contributed by atoms with Crippen LogP contribution in [-0.2, 0) is 9.53 Å². The summed E-state index contributed by atoms with van der Waals surface area (Å²) in [7, 11) is 0. The standard InChI is InChI=1S/C13H24N2O4/c1-13(2,3)19-12(18)15-10-7-5-4-6-9(10)14-8-11(16)17/h9-10,14H,4-8H2,1-3H3,(H,15,18)(H,16,17)/t9-,10-/m1/s1. The maximum atomic E-state index is 11.7. The van der Waals surface area contributed by atoms with Crippen molar-refractivity contribution in [2.45, 2.75) is 64.1 Å². The monoisotopic (exact) mass is 272 g/mol. The maximum Gasteiger partial charge on any atom is 0.407 e. The SMILES string of the molecule is CC(C)(C)OC(=O)N[C@@H]1CCCC[C@H]1NCC(=O)O. The first kappa shape index (κ1) is 15.8. The molecule has 1 rings (SSSR count). The summed E-state index contributed by atoms with van der Waals surface area (Å²) >= 11 is 0. The van der Waals surface area contributed by atoms with Gasteiger partial charge < -0.3 is 20.5 Å². The second-order valence-corrected chi connectivity index (χ2v) is 5.92. The van der Waals surface area contributed by atoms with Crippen molar-refractivity contribution in [3.8, 4) is 0 Å². The number of rotatable bonds is 4. The summed E-state index contributed by atoms with van der Waals surface area (Å²) in [5, 5.41) is 14.5. The molecule has 1 aliphatic rings. The van der Waals surface area contributed by atoms with Gasteiger partial charge in [-0.1, -0.05) is 12.8 Å². The van der Waals surface area contributed by atoms with Crippen LogP contribution in [0.25, 0.3) is 0 Å². The third-order valence-corrected chi connectivity index (χ3v) is 2.98. The van der Waals surface area contributed by atoms with Gasteiger partial charge in [0.25, 0.3) is 0 Å². The van der Waals surface area contributed by atoms with Crippen LogP contribution in [0, 0.1) is 0 Å². The molecule has 110 valence electrons. The van der Waals surface area contributed by atoms with E-state index in [1.807, 2.05) is 20.8 Å². The molecule has 0 aromatic heterocycles. The molecule has 19 heavy (non-hydrogen) atoms. The van der Waals surface area contributed by atoms with Crippen molar-refractivity contribution >= 4 is 12.1 Å². The van der Waals surface area contributed by atoms with Gasteiger partial charge in [0.2, 0.25) is 0 Å². The fourth-order valence-corrected chi connectivity index (χ4v) is 2.23. The average Bonchev–Trinajstić information content (AvgIpc) is 2.25. The number of hydrogen-bond donors (Lipinski definition) is 3. The lowest BCUT2D eigenvalue weighted by atomic mass is 9.90. The number of alkyl carbamates (subject to hydrolysis) is 1. The van der Waals surface area contributed by atoms with E-state index in [4.69, 9.17) is 9.84 Å². The van der Waals surface area contributed by atoms with Crippen LogP contribution in [0.1, 0.15) is 46.5 Å². The highest BCUT2D eigenvalue weighted by atomic mass is 16.6. The predicted octanol–water partition coefficient (Wildman–Crippen LogP) is 1.50. The van der Waals surface area contributed by atoms with Crippen LogP contribution in [-0.4, -0.2) is 41.4 Å². The van der Waals surface area contributed by atoms with Gasteiger partial charge >= 0.3 is 12.1 Å². The van der Waals surface area contributed by atoms with E-state index in [9.17, 15) is 9.59 Å². The predicted molar refractivity (Wildman–Crippen MR) is 71.1 cm³/mol. The Kier molecular flexibility index (Phi) is 5.60. The van der Waals surface area contributed by atoms with E-state index in [0.717, 1.165) is 25.7 Å². The number of carboxylic acids is 1. The molecule has 0 aliphatic heterocycles. The minimum atomic E-state index is -0.887. The smallest absolute Gasteiger partial charge is 0.407 e. The number of carbonyl (C=O) groups excluding carboxylic acids is 1. The van der Waals surface area contributed by atoms with E-state index >= 15 is 0 Å². The molecule has 6 heteroatoms. The van der Waals surface area contributed by atoms with Crippen molar-refractivity contribution in [2.24, 2.45) is 0 Å². The molecule has 3 N–H and O–H groups in total. The third kappa shape index (κ3) is 6.42. The second kappa shape index (κ2) is 6.75. The van der Waals surface area contributed by atoms with Crippen molar-refractivity contribution in [1.29, 1.82) is 0 Å². The molecule has 1 fully saturated rings. The van der Waals surface area contributed by atoms with Gasteiger partial charge in [0.15, 0.2) is 0 Å². The van der Waals surface area contributed by atoms with Crippen LogP contribution in [0.5, 0.6) is 0 Å². The zero-order valence-electron chi connectivity index (χ0n) is 11.9. The first-order valence-corrected chi connectivity index (χ1v) is 6.72. The van der Waals surface area contributed by atoms with Gasteiger partial charge in [0, 0.05) is 12.1 Å². The van der Waals surface area contributed by atoms with E-state index in [-0.39, 0.29) is 18.6 Å². The van der Waals surface area contributed by atoms with Crippen molar-refractivity contribution in [3.63, 3.8) is 0 Å². The highest BCUT2D eigenvalue weighted by Crippen LogP contribution is 2.19. The van der Waals surface area contributed by atoms with Crippen LogP contribution < -0.4 is 10.6 Å². The number of ether oxygens (including phenoxy) is 1. The first-order chi connectivity index (χ1) is 8.78. The Bertz CT molecular complexity index is 325. The molecule has 6 nitrogen and oxygen atoms in total. The molecular weight excluding hydrogens is 248 g/mol. The summed E-state index contributed by atoms with van der Waals surface area (Å²) in [4.78, 5) is 22.3. The third-order valence-electron chi connectivity index (χ3n) is 2.98. The Morgan fingerprint density at radius 3 is 2.32 bits per heavy atom. The fraction of sp³-hybridized carbons (Fsp3) is 0.846. The van der Waals surface area contributed by atoms with Crippen LogP contribution in [0.15, 0.2) is 0 Å². The molecule has 0 aromatic rings. The van der Waals surface area contributed by atoms with Crippen molar-refractivity contribution in [2.75, 3.05) is 6.54 Å². The molecule has 2 atom stereocenters. The van der Waals surface area contributed by atoms with Crippen LogP contribution in [0.2, 0.25) is 0 Å². The molecule has 1 saturated carbocycles. The number of nitrogens with one attached hydrogen (secondary N) is 2. The van der Waals surface area contributed by atoms with Crippen LogP contribution >= 0.6 is 0 Å².